The molecular formula is C27H45NO3. The van der Waals surface area contributed by atoms with Gasteiger partial charge in [0.25, 0.3) is 0 Å². The van der Waals surface area contributed by atoms with Crippen molar-refractivity contribution in [1.82, 2.24) is 4.90 Å². The van der Waals surface area contributed by atoms with Crippen molar-refractivity contribution < 1.29 is 15.3 Å². The fourth-order valence-corrected chi connectivity index (χ4v) is 10.6. The van der Waals surface area contributed by atoms with Crippen LogP contribution in [0.5, 0.6) is 0 Å². The number of fused-ring (bicyclic) bond motifs is 8. The van der Waals surface area contributed by atoms with E-state index in [4.69, 9.17) is 0 Å². The molecule has 4 nitrogen and oxygen atoms in total. The first-order valence-corrected chi connectivity index (χ1v) is 13.5. The minimum atomic E-state index is -0.553. The summed E-state index contributed by atoms with van der Waals surface area (Å²) in [7, 11) is 0. The largest absolute Gasteiger partial charge is 0.393 e. The fourth-order valence-electron chi connectivity index (χ4n) is 10.6. The van der Waals surface area contributed by atoms with Crippen LogP contribution in [0.15, 0.2) is 0 Å². The highest BCUT2D eigenvalue weighted by Crippen LogP contribution is 2.67. The van der Waals surface area contributed by atoms with E-state index in [0.717, 1.165) is 50.5 Å². The summed E-state index contributed by atoms with van der Waals surface area (Å²) in [6.07, 6.45) is 9.43. The number of nitrogens with zero attached hydrogens (tertiary/aromatic N) is 1. The number of aliphatic hydroxyl groups is 3. The zero-order chi connectivity index (χ0) is 21.7. The number of hydrogen-bond donors (Lipinski definition) is 3. The summed E-state index contributed by atoms with van der Waals surface area (Å²) < 4.78 is 0. The molecule has 4 saturated carbocycles. The predicted octanol–water partition coefficient (Wildman–Crippen LogP) is 3.68. The van der Waals surface area contributed by atoms with Gasteiger partial charge in [0, 0.05) is 19.1 Å². The Balaban J connectivity index is 1.30. The smallest absolute Gasteiger partial charge is 0.0805 e. The minimum absolute atomic E-state index is 0.188. The highest BCUT2D eigenvalue weighted by Gasteiger charge is 2.64. The van der Waals surface area contributed by atoms with Gasteiger partial charge in [0.15, 0.2) is 0 Å². The Bertz CT molecular complexity index is 711. The molecule has 0 aromatic heterocycles. The third-order valence-electron chi connectivity index (χ3n) is 12.0. The maximum atomic E-state index is 11.8. The zero-order valence-corrected chi connectivity index (χ0v) is 19.9. The monoisotopic (exact) mass is 431 g/mol. The van der Waals surface area contributed by atoms with Crippen LogP contribution in [0.2, 0.25) is 0 Å². The molecule has 6 rings (SSSR count). The SMILES string of the molecule is C[C@H]1CC[C@@H]2N(C1)C[C@H]1[C@@H]3C[C@H]4[C@@H](C[C@H](O)[C@H]5C[C@H](O)CC[C@@]54C)[C@@H]3CC[C@@H]1[C@]2(C)O. The van der Waals surface area contributed by atoms with E-state index in [0.29, 0.717) is 35.6 Å². The van der Waals surface area contributed by atoms with Crippen molar-refractivity contribution in [1.29, 1.82) is 0 Å². The molecule has 2 saturated heterocycles. The molecule has 6 aliphatic rings. The van der Waals surface area contributed by atoms with Gasteiger partial charge in [-0.1, -0.05) is 13.8 Å². The van der Waals surface area contributed by atoms with E-state index in [2.05, 4.69) is 25.7 Å². The highest BCUT2D eigenvalue weighted by molar-refractivity contribution is 5.14. The second-order valence-electron chi connectivity index (χ2n) is 13.4. The Morgan fingerprint density at radius 2 is 1.55 bits per heavy atom. The molecule has 13 atom stereocenters. The molecule has 2 aliphatic heterocycles. The Labute approximate surface area is 188 Å². The molecular weight excluding hydrogens is 386 g/mol. The van der Waals surface area contributed by atoms with Gasteiger partial charge in [-0.15, -0.1) is 0 Å². The van der Waals surface area contributed by atoms with Gasteiger partial charge in [-0.25, -0.2) is 0 Å². The summed E-state index contributed by atoms with van der Waals surface area (Å²) in [6, 6.07) is 0.355. The molecule has 31 heavy (non-hydrogen) atoms. The number of piperidine rings is 2. The molecule has 0 radical (unpaired) electrons. The molecule has 0 aromatic rings. The minimum Gasteiger partial charge on any atom is -0.393 e. The van der Waals surface area contributed by atoms with Gasteiger partial charge in [0.05, 0.1) is 17.8 Å². The topological polar surface area (TPSA) is 63.9 Å². The first kappa shape index (κ1) is 21.4. The van der Waals surface area contributed by atoms with Crippen molar-refractivity contribution in [2.45, 2.75) is 102 Å². The van der Waals surface area contributed by atoms with Crippen LogP contribution in [-0.2, 0) is 0 Å². The number of hydrogen-bond acceptors (Lipinski definition) is 4. The third-order valence-corrected chi connectivity index (χ3v) is 12.0. The van der Waals surface area contributed by atoms with Gasteiger partial charge < -0.3 is 15.3 Å². The van der Waals surface area contributed by atoms with E-state index in [1.165, 1.54) is 32.2 Å². The van der Waals surface area contributed by atoms with Crippen LogP contribution in [0.4, 0.5) is 0 Å². The lowest BCUT2D eigenvalue weighted by molar-refractivity contribution is -0.176. The van der Waals surface area contributed by atoms with E-state index >= 15 is 0 Å². The van der Waals surface area contributed by atoms with E-state index < -0.39 is 5.60 Å². The predicted molar refractivity (Wildman–Crippen MR) is 121 cm³/mol. The Morgan fingerprint density at radius 1 is 0.742 bits per heavy atom. The van der Waals surface area contributed by atoms with Gasteiger partial charge in [-0.05, 0) is 117 Å². The first-order valence-electron chi connectivity index (χ1n) is 13.5. The molecule has 0 aromatic carbocycles. The van der Waals surface area contributed by atoms with Crippen molar-refractivity contribution >= 4 is 0 Å². The molecule has 2 heterocycles. The highest BCUT2D eigenvalue weighted by atomic mass is 16.3. The van der Waals surface area contributed by atoms with Gasteiger partial charge >= 0.3 is 0 Å². The van der Waals surface area contributed by atoms with Crippen LogP contribution in [0.25, 0.3) is 0 Å². The lowest BCUT2D eigenvalue weighted by atomic mass is 9.51. The quantitative estimate of drug-likeness (QED) is 0.547. The molecule has 3 N–H and O–H groups in total. The van der Waals surface area contributed by atoms with E-state index in [1.54, 1.807) is 0 Å². The second-order valence-corrected chi connectivity index (χ2v) is 13.4. The lowest BCUT2D eigenvalue weighted by Gasteiger charge is -2.60. The average molecular weight is 432 g/mol. The average Bonchev–Trinajstić information content (AvgIpc) is 3.09. The van der Waals surface area contributed by atoms with Crippen molar-refractivity contribution in [2.75, 3.05) is 13.1 Å². The fraction of sp³-hybridized carbons (Fsp3) is 1.00. The summed E-state index contributed by atoms with van der Waals surface area (Å²) >= 11 is 0. The molecule has 0 spiro atoms. The molecule has 0 amide bonds. The summed E-state index contributed by atoms with van der Waals surface area (Å²) in [5.74, 6) is 4.89. The Hall–Kier alpha value is -0.160. The molecule has 4 aliphatic carbocycles. The van der Waals surface area contributed by atoms with Crippen LogP contribution < -0.4 is 0 Å². The summed E-state index contributed by atoms with van der Waals surface area (Å²) in [4.78, 5) is 2.68. The van der Waals surface area contributed by atoms with Crippen molar-refractivity contribution in [2.24, 2.45) is 52.8 Å². The molecule has 176 valence electrons. The number of aliphatic hydroxyl groups excluding tert-OH is 2. The van der Waals surface area contributed by atoms with Crippen LogP contribution in [0, 0.1) is 52.8 Å². The Morgan fingerprint density at radius 3 is 2.35 bits per heavy atom. The third kappa shape index (κ3) is 3.00. The van der Waals surface area contributed by atoms with Gasteiger partial charge in [0.2, 0.25) is 0 Å². The van der Waals surface area contributed by atoms with Gasteiger partial charge in [-0.2, -0.15) is 0 Å². The normalized spacial score (nSPS) is 61.5. The van der Waals surface area contributed by atoms with E-state index in [-0.39, 0.29) is 23.5 Å². The number of rotatable bonds is 0. The second kappa shape index (κ2) is 7.17. The van der Waals surface area contributed by atoms with Crippen LogP contribution in [0.1, 0.15) is 78.6 Å². The summed E-state index contributed by atoms with van der Waals surface area (Å²) in [6.45, 7) is 9.36. The van der Waals surface area contributed by atoms with E-state index in [9.17, 15) is 15.3 Å². The summed E-state index contributed by atoms with van der Waals surface area (Å²) in [5.41, 5.74) is -0.365. The van der Waals surface area contributed by atoms with Crippen molar-refractivity contribution in [3.05, 3.63) is 0 Å². The van der Waals surface area contributed by atoms with Crippen LogP contribution in [-0.4, -0.2) is 57.2 Å². The first-order chi connectivity index (χ1) is 14.7. The molecule has 0 unspecified atom stereocenters. The van der Waals surface area contributed by atoms with Gasteiger partial charge in [-0.3, -0.25) is 4.90 Å². The summed E-state index contributed by atoms with van der Waals surface area (Å²) in [5, 5.41) is 33.3. The Kier molecular flexibility index (Phi) is 4.94. The van der Waals surface area contributed by atoms with Gasteiger partial charge in [0.1, 0.15) is 0 Å². The van der Waals surface area contributed by atoms with Crippen LogP contribution >= 0.6 is 0 Å². The lowest BCUT2D eigenvalue weighted by Crippen LogP contribution is -2.67. The maximum Gasteiger partial charge on any atom is 0.0805 e. The van der Waals surface area contributed by atoms with Crippen molar-refractivity contribution in [3.8, 4) is 0 Å². The standard InChI is InChI=1S/C27H45NO3/c1-15-4-7-25-27(3,31)21-6-5-17-18(20(21)14-28(25)13-15)11-22-19(17)12-24(30)23-10-16(29)8-9-26(22,23)2/h15-25,29-31H,4-14H2,1-3H3/t15-,16+,17+,18+,19-,20-,21-,22-,23+,24-,25-,26+,27-/m0/s1. The molecule has 0 bridgehead atoms. The zero-order valence-electron chi connectivity index (χ0n) is 19.9. The maximum absolute atomic E-state index is 11.8. The van der Waals surface area contributed by atoms with E-state index in [1.807, 2.05) is 0 Å². The van der Waals surface area contributed by atoms with Crippen LogP contribution in [0.3, 0.4) is 0 Å². The molecule has 6 fully saturated rings. The van der Waals surface area contributed by atoms with Crippen molar-refractivity contribution in [3.63, 3.8) is 0 Å². The molecule has 4 heteroatoms.